The summed E-state index contributed by atoms with van der Waals surface area (Å²) in [6, 6.07) is 3.31. The van der Waals surface area contributed by atoms with Gasteiger partial charge >= 0.3 is 0 Å². The van der Waals surface area contributed by atoms with Crippen LogP contribution in [0.2, 0.25) is 0 Å². The third-order valence-electron chi connectivity index (χ3n) is 1.80. The van der Waals surface area contributed by atoms with Crippen molar-refractivity contribution in [2.24, 2.45) is 5.73 Å². The van der Waals surface area contributed by atoms with Crippen LogP contribution in [0.4, 0.5) is 0 Å². The fourth-order valence-corrected chi connectivity index (χ4v) is 2.54. The summed E-state index contributed by atoms with van der Waals surface area (Å²) in [6.07, 6.45) is 0. The molecule has 2 rings (SSSR count). The minimum atomic E-state index is -0.176. The van der Waals surface area contributed by atoms with Gasteiger partial charge in [0.2, 0.25) is 0 Å². The molecule has 78 valence electrons. The molecule has 0 amide bonds. The molecule has 0 aromatic carbocycles. The van der Waals surface area contributed by atoms with E-state index < -0.39 is 0 Å². The van der Waals surface area contributed by atoms with Crippen LogP contribution in [0.25, 0.3) is 10.7 Å². The molecule has 0 aliphatic rings. The van der Waals surface area contributed by atoms with Crippen molar-refractivity contribution in [3.05, 3.63) is 38.0 Å². The monoisotopic (exact) mass is 285 g/mol. The van der Waals surface area contributed by atoms with E-state index in [9.17, 15) is 4.79 Å². The Morgan fingerprint density at radius 3 is 2.93 bits per heavy atom. The lowest BCUT2D eigenvalue weighted by Crippen LogP contribution is -2.12. The van der Waals surface area contributed by atoms with E-state index in [1.165, 1.54) is 17.4 Å². The minimum Gasteiger partial charge on any atom is -0.325 e. The first kappa shape index (κ1) is 10.5. The van der Waals surface area contributed by atoms with Crippen LogP contribution in [-0.2, 0) is 6.54 Å². The van der Waals surface area contributed by atoms with Crippen molar-refractivity contribution >= 4 is 27.3 Å². The Morgan fingerprint density at radius 1 is 1.53 bits per heavy atom. The molecule has 0 fully saturated rings. The third-order valence-corrected chi connectivity index (χ3v) is 3.50. The topological polar surface area (TPSA) is 71.8 Å². The second kappa shape index (κ2) is 4.26. The molecular weight excluding hydrogens is 278 g/mol. The maximum Gasteiger partial charge on any atom is 0.251 e. The number of nitrogens with zero attached hydrogens (tertiary/aromatic N) is 1. The minimum absolute atomic E-state index is 0.176. The van der Waals surface area contributed by atoms with Gasteiger partial charge in [-0.25, -0.2) is 4.98 Å². The number of H-pyrrole nitrogens is 1. The van der Waals surface area contributed by atoms with Crippen LogP contribution in [-0.4, -0.2) is 9.97 Å². The number of thiophene rings is 1. The van der Waals surface area contributed by atoms with E-state index in [-0.39, 0.29) is 12.1 Å². The van der Waals surface area contributed by atoms with Crippen LogP contribution in [0, 0.1) is 0 Å². The van der Waals surface area contributed by atoms with Gasteiger partial charge in [-0.2, -0.15) is 0 Å². The van der Waals surface area contributed by atoms with Crippen molar-refractivity contribution in [3.8, 4) is 10.7 Å². The van der Waals surface area contributed by atoms with E-state index in [1.54, 1.807) is 0 Å². The molecule has 6 heteroatoms. The summed E-state index contributed by atoms with van der Waals surface area (Å²) in [5.74, 6) is 0.568. The van der Waals surface area contributed by atoms with Crippen molar-refractivity contribution in [1.29, 1.82) is 0 Å². The number of nitrogens with two attached hydrogens (primary N) is 1. The van der Waals surface area contributed by atoms with Crippen LogP contribution in [0.1, 0.15) is 5.69 Å². The Labute approximate surface area is 98.3 Å². The van der Waals surface area contributed by atoms with E-state index in [0.29, 0.717) is 11.5 Å². The molecule has 2 aromatic rings. The molecule has 15 heavy (non-hydrogen) atoms. The smallest absolute Gasteiger partial charge is 0.251 e. The van der Waals surface area contributed by atoms with Gasteiger partial charge in [0.05, 0.1) is 10.6 Å². The van der Waals surface area contributed by atoms with Gasteiger partial charge in [0, 0.05) is 22.5 Å². The van der Waals surface area contributed by atoms with Gasteiger partial charge in [0.1, 0.15) is 0 Å². The van der Waals surface area contributed by atoms with E-state index in [2.05, 4.69) is 25.9 Å². The quantitative estimate of drug-likeness (QED) is 0.883. The van der Waals surface area contributed by atoms with Gasteiger partial charge in [-0.1, -0.05) is 0 Å². The number of hydrogen-bond donors (Lipinski definition) is 2. The third kappa shape index (κ3) is 2.34. The maximum absolute atomic E-state index is 11.3. The number of rotatable bonds is 2. The first-order valence-electron chi connectivity index (χ1n) is 4.24. The van der Waals surface area contributed by atoms with Crippen molar-refractivity contribution in [2.45, 2.75) is 6.54 Å². The predicted octanol–water partition coefficient (Wildman–Crippen LogP) is 1.72. The Kier molecular flexibility index (Phi) is 2.99. The zero-order valence-electron chi connectivity index (χ0n) is 7.66. The Hall–Kier alpha value is -0.980. The van der Waals surface area contributed by atoms with Gasteiger partial charge in [-0.3, -0.25) is 4.79 Å². The lowest BCUT2D eigenvalue weighted by molar-refractivity contribution is 0.958. The molecule has 2 aromatic heterocycles. The number of nitrogens with one attached hydrogen (secondary N) is 1. The Balaban J connectivity index is 2.53. The standard InChI is InChI=1S/C9H8BrN3OS/c10-5-1-7(15-4-5)9-12-6(3-11)2-8(14)13-9/h1-2,4H,3,11H2,(H,12,13,14). The summed E-state index contributed by atoms with van der Waals surface area (Å²) in [6.45, 7) is 0.267. The van der Waals surface area contributed by atoms with Crippen molar-refractivity contribution in [1.82, 2.24) is 9.97 Å². The van der Waals surface area contributed by atoms with Crippen LogP contribution < -0.4 is 11.3 Å². The van der Waals surface area contributed by atoms with Crippen LogP contribution >= 0.6 is 27.3 Å². The molecule has 2 heterocycles. The Bertz CT molecular complexity index is 534. The largest absolute Gasteiger partial charge is 0.325 e. The molecule has 0 unspecified atom stereocenters. The number of aromatic nitrogens is 2. The molecule has 0 saturated heterocycles. The highest BCUT2D eigenvalue weighted by Crippen LogP contribution is 2.26. The van der Waals surface area contributed by atoms with Crippen molar-refractivity contribution < 1.29 is 0 Å². The summed E-state index contributed by atoms with van der Waals surface area (Å²) < 4.78 is 0.975. The van der Waals surface area contributed by atoms with Gasteiger partial charge in [-0.05, 0) is 22.0 Å². The van der Waals surface area contributed by atoms with E-state index >= 15 is 0 Å². The van der Waals surface area contributed by atoms with Crippen molar-refractivity contribution in [3.63, 3.8) is 0 Å². The SMILES string of the molecule is NCc1cc(=O)[nH]c(-c2cc(Br)cs2)n1. The lowest BCUT2D eigenvalue weighted by Gasteiger charge is -1.99. The zero-order valence-corrected chi connectivity index (χ0v) is 10.1. The molecule has 0 atom stereocenters. The van der Waals surface area contributed by atoms with Gasteiger partial charge in [-0.15, -0.1) is 11.3 Å². The average molecular weight is 286 g/mol. The summed E-state index contributed by atoms with van der Waals surface area (Å²) in [5, 5.41) is 1.93. The van der Waals surface area contributed by atoms with E-state index in [0.717, 1.165) is 9.35 Å². The molecule has 0 radical (unpaired) electrons. The second-order valence-electron chi connectivity index (χ2n) is 2.92. The number of aromatic amines is 1. The number of halogens is 1. The normalized spacial score (nSPS) is 10.5. The first-order chi connectivity index (χ1) is 7.19. The average Bonchev–Trinajstić information content (AvgIpc) is 2.64. The van der Waals surface area contributed by atoms with E-state index in [4.69, 9.17) is 5.73 Å². The second-order valence-corrected chi connectivity index (χ2v) is 4.75. The Morgan fingerprint density at radius 2 is 2.33 bits per heavy atom. The zero-order chi connectivity index (χ0) is 10.8. The summed E-state index contributed by atoms with van der Waals surface area (Å²) in [4.78, 5) is 19.1. The van der Waals surface area contributed by atoms with Gasteiger partial charge in [0.25, 0.3) is 5.56 Å². The van der Waals surface area contributed by atoms with Gasteiger partial charge < -0.3 is 10.7 Å². The molecule has 4 nitrogen and oxygen atoms in total. The van der Waals surface area contributed by atoms with Crippen LogP contribution in [0.5, 0.6) is 0 Å². The molecule has 0 aliphatic heterocycles. The molecule has 3 N–H and O–H groups in total. The first-order valence-corrected chi connectivity index (χ1v) is 5.91. The van der Waals surface area contributed by atoms with E-state index in [1.807, 2.05) is 11.4 Å². The highest BCUT2D eigenvalue weighted by Gasteiger charge is 2.05. The van der Waals surface area contributed by atoms with Crippen LogP contribution in [0.15, 0.2) is 26.8 Å². The van der Waals surface area contributed by atoms with Crippen molar-refractivity contribution in [2.75, 3.05) is 0 Å². The highest BCUT2D eigenvalue weighted by atomic mass is 79.9. The summed E-state index contributed by atoms with van der Waals surface area (Å²) in [5.41, 5.74) is 5.87. The van der Waals surface area contributed by atoms with Crippen LogP contribution in [0.3, 0.4) is 0 Å². The number of hydrogen-bond acceptors (Lipinski definition) is 4. The molecule has 0 spiro atoms. The molecule has 0 saturated carbocycles. The summed E-state index contributed by atoms with van der Waals surface area (Å²) >= 11 is 4.86. The summed E-state index contributed by atoms with van der Waals surface area (Å²) in [7, 11) is 0. The predicted molar refractivity (Wildman–Crippen MR) is 63.8 cm³/mol. The lowest BCUT2D eigenvalue weighted by atomic mass is 10.3. The molecular formula is C9H8BrN3OS. The molecule has 0 aliphatic carbocycles. The van der Waals surface area contributed by atoms with Gasteiger partial charge in [0.15, 0.2) is 5.82 Å². The fourth-order valence-electron chi connectivity index (χ4n) is 1.17. The fraction of sp³-hybridized carbons (Fsp3) is 0.111. The molecule has 0 bridgehead atoms. The highest BCUT2D eigenvalue weighted by molar-refractivity contribution is 9.10. The maximum atomic E-state index is 11.3.